The fourth-order valence-electron chi connectivity index (χ4n) is 1.74. The van der Waals surface area contributed by atoms with Gasteiger partial charge >= 0.3 is 0 Å². The SMILES string of the molecule is CC(C)C(C)Oc1cc(C(N)=S)c2ccccc2n1. The predicted molar refractivity (Wildman–Crippen MR) is 82.6 cm³/mol. The second-order valence-electron chi connectivity index (χ2n) is 4.96. The highest BCUT2D eigenvalue weighted by atomic mass is 32.1. The number of benzene rings is 1. The van der Waals surface area contributed by atoms with Crippen molar-refractivity contribution >= 4 is 28.1 Å². The van der Waals surface area contributed by atoms with E-state index in [9.17, 15) is 0 Å². The van der Waals surface area contributed by atoms with Crippen molar-refractivity contribution in [1.82, 2.24) is 4.98 Å². The van der Waals surface area contributed by atoms with Gasteiger partial charge in [0.05, 0.1) is 11.6 Å². The van der Waals surface area contributed by atoms with E-state index in [-0.39, 0.29) is 6.10 Å². The minimum absolute atomic E-state index is 0.0906. The first-order valence-corrected chi connectivity index (χ1v) is 6.76. The molecule has 1 unspecified atom stereocenters. The van der Waals surface area contributed by atoms with Crippen LogP contribution in [0.4, 0.5) is 0 Å². The van der Waals surface area contributed by atoms with Crippen LogP contribution < -0.4 is 10.5 Å². The molecule has 0 aliphatic heterocycles. The number of ether oxygens (including phenoxy) is 1. The van der Waals surface area contributed by atoms with Gasteiger partial charge < -0.3 is 10.5 Å². The molecular formula is C15H18N2OS. The van der Waals surface area contributed by atoms with Gasteiger partial charge in [-0.05, 0) is 18.9 Å². The fraction of sp³-hybridized carbons (Fsp3) is 0.333. The standard InChI is InChI=1S/C15H18N2OS/c1-9(2)10(3)18-14-8-12(15(16)19)11-6-4-5-7-13(11)17-14/h4-10H,1-3H3,(H2,16,19). The summed E-state index contributed by atoms with van der Waals surface area (Å²) in [4.78, 5) is 4.86. The molecule has 1 atom stereocenters. The largest absolute Gasteiger partial charge is 0.474 e. The Balaban J connectivity index is 2.49. The van der Waals surface area contributed by atoms with E-state index in [2.05, 4.69) is 18.8 Å². The summed E-state index contributed by atoms with van der Waals surface area (Å²) < 4.78 is 5.85. The van der Waals surface area contributed by atoms with Gasteiger partial charge in [0.1, 0.15) is 4.99 Å². The summed E-state index contributed by atoms with van der Waals surface area (Å²) in [6, 6.07) is 9.61. The van der Waals surface area contributed by atoms with E-state index in [1.807, 2.05) is 37.3 Å². The van der Waals surface area contributed by atoms with Gasteiger partial charge in [0.25, 0.3) is 0 Å². The van der Waals surface area contributed by atoms with Gasteiger partial charge in [-0.1, -0.05) is 44.3 Å². The molecule has 0 bridgehead atoms. The Morgan fingerprint density at radius 2 is 1.95 bits per heavy atom. The number of nitrogens with two attached hydrogens (primary N) is 1. The van der Waals surface area contributed by atoms with Crippen molar-refractivity contribution in [2.75, 3.05) is 0 Å². The number of thiocarbonyl (C=S) groups is 1. The smallest absolute Gasteiger partial charge is 0.214 e. The summed E-state index contributed by atoms with van der Waals surface area (Å²) in [7, 11) is 0. The molecule has 0 aliphatic rings. The molecule has 1 aromatic carbocycles. The number of pyridine rings is 1. The van der Waals surface area contributed by atoms with Crippen LogP contribution >= 0.6 is 12.2 Å². The molecule has 0 radical (unpaired) electrons. The molecule has 0 spiro atoms. The molecule has 0 aliphatic carbocycles. The van der Waals surface area contributed by atoms with Gasteiger partial charge in [-0.3, -0.25) is 0 Å². The summed E-state index contributed by atoms with van der Waals surface area (Å²) in [5.41, 5.74) is 7.45. The molecule has 0 fully saturated rings. The molecule has 1 heterocycles. The summed E-state index contributed by atoms with van der Waals surface area (Å²) in [5.74, 6) is 0.990. The van der Waals surface area contributed by atoms with Crippen molar-refractivity contribution in [3.8, 4) is 5.88 Å². The number of rotatable bonds is 4. The molecule has 2 N–H and O–H groups in total. The first-order valence-electron chi connectivity index (χ1n) is 6.35. The Morgan fingerprint density at radius 3 is 2.58 bits per heavy atom. The highest BCUT2D eigenvalue weighted by Gasteiger charge is 2.13. The van der Waals surface area contributed by atoms with Crippen LogP contribution in [0.25, 0.3) is 10.9 Å². The van der Waals surface area contributed by atoms with E-state index in [4.69, 9.17) is 22.7 Å². The zero-order valence-corrected chi connectivity index (χ0v) is 12.2. The number of para-hydroxylation sites is 1. The van der Waals surface area contributed by atoms with Crippen LogP contribution in [0, 0.1) is 5.92 Å². The lowest BCUT2D eigenvalue weighted by Gasteiger charge is -2.18. The third-order valence-corrected chi connectivity index (χ3v) is 3.42. The number of hydrogen-bond acceptors (Lipinski definition) is 3. The van der Waals surface area contributed by atoms with Crippen molar-refractivity contribution in [3.63, 3.8) is 0 Å². The van der Waals surface area contributed by atoms with E-state index >= 15 is 0 Å². The summed E-state index contributed by atoms with van der Waals surface area (Å²) in [6.07, 6.45) is 0.0906. The summed E-state index contributed by atoms with van der Waals surface area (Å²) >= 11 is 5.11. The van der Waals surface area contributed by atoms with Crippen molar-refractivity contribution < 1.29 is 4.74 Å². The molecule has 0 amide bonds. The fourth-order valence-corrected chi connectivity index (χ4v) is 1.91. The zero-order valence-electron chi connectivity index (χ0n) is 11.4. The van der Waals surface area contributed by atoms with E-state index in [0.717, 1.165) is 16.5 Å². The highest BCUT2D eigenvalue weighted by molar-refractivity contribution is 7.80. The molecule has 2 aromatic rings. The number of aromatic nitrogens is 1. The van der Waals surface area contributed by atoms with Crippen LogP contribution in [0.5, 0.6) is 5.88 Å². The Labute approximate surface area is 118 Å². The first kappa shape index (κ1) is 13.7. The third kappa shape index (κ3) is 3.01. The minimum Gasteiger partial charge on any atom is -0.474 e. The maximum atomic E-state index is 5.85. The van der Waals surface area contributed by atoms with Gasteiger partial charge in [0.15, 0.2) is 0 Å². The minimum atomic E-state index is 0.0906. The molecular weight excluding hydrogens is 256 g/mol. The van der Waals surface area contributed by atoms with Crippen LogP contribution in [-0.4, -0.2) is 16.1 Å². The lowest BCUT2D eigenvalue weighted by atomic mass is 10.1. The van der Waals surface area contributed by atoms with Crippen LogP contribution in [0.3, 0.4) is 0 Å². The number of nitrogens with zero attached hydrogens (tertiary/aromatic N) is 1. The van der Waals surface area contributed by atoms with Gasteiger partial charge in [-0.25, -0.2) is 4.98 Å². The Bertz CT molecular complexity index is 610. The van der Waals surface area contributed by atoms with Crippen molar-refractivity contribution in [2.24, 2.45) is 11.7 Å². The summed E-state index contributed by atoms with van der Waals surface area (Å²) in [5, 5.41) is 0.958. The van der Waals surface area contributed by atoms with Crippen molar-refractivity contribution in [1.29, 1.82) is 0 Å². The van der Waals surface area contributed by atoms with Crippen LogP contribution in [0.1, 0.15) is 26.3 Å². The van der Waals surface area contributed by atoms with Crippen molar-refractivity contribution in [3.05, 3.63) is 35.9 Å². The maximum absolute atomic E-state index is 5.85. The van der Waals surface area contributed by atoms with E-state index < -0.39 is 0 Å². The van der Waals surface area contributed by atoms with Gasteiger partial charge in [0, 0.05) is 17.0 Å². The average molecular weight is 274 g/mol. The van der Waals surface area contributed by atoms with Crippen LogP contribution in [0.2, 0.25) is 0 Å². The monoisotopic (exact) mass is 274 g/mol. The third-order valence-electron chi connectivity index (χ3n) is 3.20. The van der Waals surface area contributed by atoms with Gasteiger partial charge in [-0.2, -0.15) is 0 Å². The van der Waals surface area contributed by atoms with E-state index in [0.29, 0.717) is 16.8 Å². The van der Waals surface area contributed by atoms with E-state index in [1.165, 1.54) is 0 Å². The number of hydrogen-bond donors (Lipinski definition) is 1. The Hall–Kier alpha value is -1.68. The number of fused-ring (bicyclic) bond motifs is 1. The van der Waals surface area contributed by atoms with Crippen LogP contribution in [0.15, 0.2) is 30.3 Å². The molecule has 0 saturated heterocycles. The zero-order chi connectivity index (χ0) is 14.0. The maximum Gasteiger partial charge on any atom is 0.214 e. The second kappa shape index (κ2) is 5.53. The lowest BCUT2D eigenvalue weighted by molar-refractivity contribution is 0.164. The molecule has 3 nitrogen and oxygen atoms in total. The van der Waals surface area contributed by atoms with E-state index in [1.54, 1.807) is 0 Å². The van der Waals surface area contributed by atoms with Crippen LogP contribution in [-0.2, 0) is 0 Å². The molecule has 4 heteroatoms. The Kier molecular flexibility index (Phi) is 4.00. The first-order chi connectivity index (χ1) is 8.99. The molecule has 100 valence electrons. The normalized spacial score (nSPS) is 12.6. The summed E-state index contributed by atoms with van der Waals surface area (Å²) in [6.45, 7) is 6.25. The molecule has 1 aromatic heterocycles. The second-order valence-corrected chi connectivity index (χ2v) is 5.40. The quantitative estimate of drug-likeness (QED) is 0.869. The average Bonchev–Trinajstić information content (AvgIpc) is 2.37. The molecule has 2 rings (SSSR count). The Morgan fingerprint density at radius 1 is 1.26 bits per heavy atom. The van der Waals surface area contributed by atoms with Gasteiger partial charge in [0.2, 0.25) is 5.88 Å². The van der Waals surface area contributed by atoms with Crippen molar-refractivity contribution in [2.45, 2.75) is 26.9 Å². The lowest BCUT2D eigenvalue weighted by Crippen LogP contribution is -2.20. The highest BCUT2D eigenvalue weighted by Crippen LogP contribution is 2.23. The molecule has 19 heavy (non-hydrogen) atoms. The topological polar surface area (TPSA) is 48.1 Å². The molecule has 0 saturated carbocycles. The predicted octanol–water partition coefficient (Wildman–Crippen LogP) is 3.29. The van der Waals surface area contributed by atoms with Gasteiger partial charge in [-0.15, -0.1) is 0 Å².